The molecule has 1 aromatic heterocycles. The van der Waals surface area contributed by atoms with Gasteiger partial charge >= 0.3 is 0 Å². The van der Waals surface area contributed by atoms with Crippen LogP contribution in [0.5, 0.6) is 5.75 Å². The van der Waals surface area contributed by atoms with Crippen molar-refractivity contribution in [1.82, 2.24) is 4.98 Å². The Bertz CT molecular complexity index is 986. The largest absolute Gasteiger partial charge is 0.493 e. The van der Waals surface area contributed by atoms with Crippen LogP contribution in [-0.4, -0.2) is 17.5 Å². The van der Waals surface area contributed by atoms with Gasteiger partial charge in [0.25, 0.3) is 0 Å². The maximum atomic E-state index is 12.2. The zero-order valence-electron chi connectivity index (χ0n) is 14.4. The molecule has 1 N–H and O–H groups in total. The molecule has 0 bridgehead atoms. The summed E-state index contributed by atoms with van der Waals surface area (Å²) in [7, 11) is 0. The Kier molecular flexibility index (Phi) is 6.50. The Morgan fingerprint density at radius 3 is 2.85 bits per heavy atom. The standard InChI is InChI=1S/C20H16Cl2N2O2S/c1-2-26-18-6-4-3-5-13(18)7-10-19(25)24-20-23-17(12-27-20)15-9-8-14(21)11-16(15)22/h3-12H,2H2,1H3,(H,23,24,25)/b10-7+. The van der Waals surface area contributed by atoms with E-state index in [1.54, 1.807) is 24.3 Å². The number of halogens is 2. The lowest BCUT2D eigenvalue weighted by Crippen LogP contribution is -2.07. The predicted octanol–water partition coefficient (Wildman–Crippen LogP) is 6.17. The number of anilines is 1. The average Bonchev–Trinajstić information content (AvgIpc) is 3.09. The fraction of sp³-hybridized carbons (Fsp3) is 0.100. The number of nitrogens with zero attached hydrogens (tertiary/aromatic N) is 1. The number of thiazole rings is 1. The van der Waals surface area contributed by atoms with Crippen LogP contribution in [0.4, 0.5) is 5.13 Å². The molecule has 0 saturated carbocycles. The minimum Gasteiger partial charge on any atom is -0.493 e. The molecular formula is C20H16Cl2N2O2S. The first kappa shape index (κ1) is 19.4. The van der Waals surface area contributed by atoms with E-state index in [2.05, 4.69) is 10.3 Å². The Morgan fingerprint density at radius 2 is 2.07 bits per heavy atom. The molecule has 0 atom stereocenters. The number of nitrogens with one attached hydrogen (secondary N) is 1. The molecule has 0 aliphatic heterocycles. The van der Waals surface area contributed by atoms with Crippen LogP contribution >= 0.6 is 34.5 Å². The lowest BCUT2D eigenvalue weighted by Gasteiger charge is -2.06. The molecule has 4 nitrogen and oxygen atoms in total. The molecule has 0 spiro atoms. The van der Waals surface area contributed by atoms with E-state index >= 15 is 0 Å². The summed E-state index contributed by atoms with van der Waals surface area (Å²) in [6.45, 7) is 2.48. The van der Waals surface area contributed by atoms with Gasteiger partial charge < -0.3 is 4.74 Å². The molecule has 3 rings (SSSR count). The summed E-state index contributed by atoms with van der Waals surface area (Å²) < 4.78 is 5.54. The fourth-order valence-electron chi connectivity index (χ4n) is 2.37. The van der Waals surface area contributed by atoms with Crippen LogP contribution in [0.1, 0.15) is 12.5 Å². The van der Waals surface area contributed by atoms with E-state index in [0.717, 1.165) is 16.9 Å². The van der Waals surface area contributed by atoms with Crippen LogP contribution in [0.2, 0.25) is 10.0 Å². The van der Waals surface area contributed by atoms with Gasteiger partial charge in [-0.15, -0.1) is 11.3 Å². The van der Waals surface area contributed by atoms with Crippen molar-refractivity contribution in [2.45, 2.75) is 6.92 Å². The van der Waals surface area contributed by atoms with Crippen molar-refractivity contribution in [3.8, 4) is 17.0 Å². The second-order valence-electron chi connectivity index (χ2n) is 5.46. The summed E-state index contributed by atoms with van der Waals surface area (Å²) in [6.07, 6.45) is 3.17. The molecule has 1 heterocycles. The van der Waals surface area contributed by atoms with Gasteiger partial charge in [-0.1, -0.05) is 41.4 Å². The van der Waals surface area contributed by atoms with Crippen LogP contribution in [0.25, 0.3) is 17.3 Å². The van der Waals surface area contributed by atoms with Crippen LogP contribution in [0, 0.1) is 0 Å². The third-order valence-electron chi connectivity index (χ3n) is 3.57. The van der Waals surface area contributed by atoms with Gasteiger partial charge in [0.2, 0.25) is 5.91 Å². The normalized spacial score (nSPS) is 10.9. The molecule has 7 heteroatoms. The van der Waals surface area contributed by atoms with Crippen molar-refractivity contribution >= 4 is 51.7 Å². The number of carbonyl (C=O) groups excluding carboxylic acids is 1. The number of ether oxygens (including phenoxy) is 1. The topological polar surface area (TPSA) is 51.2 Å². The quantitative estimate of drug-likeness (QED) is 0.487. The van der Waals surface area contributed by atoms with Gasteiger partial charge in [-0.2, -0.15) is 0 Å². The van der Waals surface area contributed by atoms with E-state index in [1.165, 1.54) is 17.4 Å². The molecular weight excluding hydrogens is 403 g/mol. The van der Waals surface area contributed by atoms with Gasteiger partial charge in [0.15, 0.2) is 5.13 Å². The minimum atomic E-state index is -0.274. The van der Waals surface area contributed by atoms with Gasteiger partial charge in [0, 0.05) is 27.6 Å². The SMILES string of the molecule is CCOc1ccccc1/C=C/C(=O)Nc1nc(-c2ccc(Cl)cc2Cl)cs1. The zero-order valence-corrected chi connectivity index (χ0v) is 16.7. The summed E-state index contributed by atoms with van der Waals surface area (Å²) in [5, 5.41) is 6.15. The van der Waals surface area contributed by atoms with Crippen molar-refractivity contribution in [2.75, 3.05) is 11.9 Å². The van der Waals surface area contributed by atoms with E-state index in [1.807, 2.05) is 36.6 Å². The average molecular weight is 419 g/mol. The number of para-hydroxylation sites is 1. The van der Waals surface area contributed by atoms with Gasteiger partial charge in [0.1, 0.15) is 5.75 Å². The molecule has 0 saturated heterocycles. The van der Waals surface area contributed by atoms with Crippen molar-refractivity contribution in [3.63, 3.8) is 0 Å². The number of carbonyl (C=O) groups is 1. The van der Waals surface area contributed by atoms with Crippen molar-refractivity contribution in [1.29, 1.82) is 0 Å². The second-order valence-corrected chi connectivity index (χ2v) is 7.16. The Balaban J connectivity index is 1.69. The van der Waals surface area contributed by atoms with Crippen LogP contribution in [-0.2, 0) is 4.79 Å². The highest BCUT2D eigenvalue weighted by Crippen LogP contribution is 2.32. The number of aromatic nitrogens is 1. The van der Waals surface area contributed by atoms with Gasteiger partial charge in [-0.3, -0.25) is 10.1 Å². The molecule has 0 fully saturated rings. The monoisotopic (exact) mass is 418 g/mol. The number of amides is 1. The highest BCUT2D eigenvalue weighted by Gasteiger charge is 2.10. The first-order valence-corrected chi connectivity index (χ1v) is 9.82. The Labute approximate surface area is 171 Å². The molecule has 1 amide bonds. The number of hydrogen-bond donors (Lipinski definition) is 1. The first-order valence-electron chi connectivity index (χ1n) is 8.18. The maximum Gasteiger partial charge on any atom is 0.250 e. The predicted molar refractivity (Wildman–Crippen MR) is 113 cm³/mol. The highest BCUT2D eigenvalue weighted by molar-refractivity contribution is 7.14. The number of benzene rings is 2. The number of hydrogen-bond acceptors (Lipinski definition) is 4. The van der Waals surface area contributed by atoms with Crippen molar-refractivity contribution in [3.05, 3.63) is 69.5 Å². The summed E-state index contributed by atoms with van der Waals surface area (Å²) in [4.78, 5) is 16.6. The highest BCUT2D eigenvalue weighted by atomic mass is 35.5. The van der Waals surface area contributed by atoms with Gasteiger partial charge in [-0.05, 0) is 37.3 Å². The van der Waals surface area contributed by atoms with Crippen LogP contribution in [0.3, 0.4) is 0 Å². The van der Waals surface area contributed by atoms with Crippen LogP contribution in [0.15, 0.2) is 53.9 Å². The zero-order chi connectivity index (χ0) is 19.2. The molecule has 3 aromatic rings. The second kappa shape index (κ2) is 9.04. The third-order valence-corrected chi connectivity index (χ3v) is 4.88. The van der Waals surface area contributed by atoms with E-state index < -0.39 is 0 Å². The minimum absolute atomic E-state index is 0.274. The van der Waals surface area contributed by atoms with E-state index in [-0.39, 0.29) is 5.91 Å². The Hall–Kier alpha value is -2.34. The van der Waals surface area contributed by atoms with Crippen molar-refractivity contribution < 1.29 is 9.53 Å². The molecule has 138 valence electrons. The molecule has 2 aromatic carbocycles. The number of rotatable bonds is 6. The lowest BCUT2D eigenvalue weighted by molar-refractivity contribution is -0.111. The molecule has 0 unspecified atom stereocenters. The first-order chi connectivity index (χ1) is 13.1. The summed E-state index contributed by atoms with van der Waals surface area (Å²) in [5.41, 5.74) is 2.28. The maximum absolute atomic E-state index is 12.2. The van der Waals surface area contributed by atoms with E-state index in [4.69, 9.17) is 27.9 Å². The summed E-state index contributed by atoms with van der Waals surface area (Å²) >= 11 is 13.5. The Morgan fingerprint density at radius 1 is 1.26 bits per heavy atom. The summed E-state index contributed by atoms with van der Waals surface area (Å²) in [6, 6.07) is 12.7. The van der Waals surface area contributed by atoms with E-state index in [0.29, 0.717) is 27.5 Å². The molecule has 27 heavy (non-hydrogen) atoms. The molecule has 0 radical (unpaired) electrons. The lowest BCUT2D eigenvalue weighted by atomic mass is 10.2. The van der Waals surface area contributed by atoms with E-state index in [9.17, 15) is 4.79 Å². The smallest absolute Gasteiger partial charge is 0.250 e. The van der Waals surface area contributed by atoms with Gasteiger partial charge in [0.05, 0.1) is 17.3 Å². The van der Waals surface area contributed by atoms with Crippen molar-refractivity contribution in [2.24, 2.45) is 0 Å². The van der Waals surface area contributed by atoms with Gasteiger partial charge in [-0.25, -0.2) is 4.98 Å². The molecule has 0 aliphatic rings. The fourth-order valence-corrected chi connectivity index (χ4v) is 3.59. The molecule has 0 aliphatic carbocycles. The van der Waals surface area contributed by atoms with Crippen LogP contribution < -0.4 is 10.1 Å². The third kappa shape index (κ3) is 5.10. The summed E-state index contributed by atoms with van der Waals surface area (Å²) in [5.74, 6) is 0.461.